The van der Waals surface area contributed by atoms with E-state index in [9.17, 15) is 14.7 Å². The third-order valence-electron chi connectivity index (χ3n) is 5.85. The summed E-state index contributed by atoms with van der Waals surface area (Å²) in [5.41, 5.74) is 3.36. The molecule has 1 saturated heterocycles. The first-order valence-corrected chi connectivity index (χ1v) is 9.38. The highest BCUT2D eigenvalue weighted by molar-refractivity contribution is 5.93. The number of carbonyl (C=O) groups is 2. The molecule has 3 atom stereocenters. The lowest BCUT2D eigenvalue weighted by Crippen LogP contribution is -2.32. The lowest BCUT2D eigenvalue weighted by Gasteiger charge is -2.25. The molecule has 1 unspecified atom stereocenters. The normalized spacial score (nSPS) is 24.3. The van der Waals surface area contributed by atoms with Gasteiger partial charge in [0.15, 0.2) is 5.76 Å². The first kappa shape index (κ1) is 17.6. The number of fused-ring (bicyclic) bond motifs is 1. The lowest BCUT2D eigenvalue weighted by molar-refractivity contribution is -0.142. The molecule has 6 nitrogen and oxygen atoms in total. The number of likely N-dealkylation sites (tertiary alicyclic amines) is 1. The Labute approximate surface area is 158 Å². The minimum Gasteiger partial charge on any atom is -0.481 e. The largest absolute Gasteiger partial charge is 0.481 e. The van der Waals surface area contributed by atoms with Crippen LogP contribution in [-0.4, -0.2) is 41.0 Å². The molecule has 0 bridgehead atoms. The van der Waals surface area contributed by atoms with Gasteiger partial charge in [-0.1, -0.05) is 25.1 Å². The summed E-state index contributed by atoms with van der Waals surface area (Å²) in [5, 5.41) is 9.31. The Morgan fingerprint density at radius 2 is 1.96 bits per heavy atom. The number of aliphatic carboxylic acids is 1. The molecule has 142 valence electrons. The minimum absolute atomic E-state index is 0.0599. The van der Waals surface area contributed by atoms with Crippen molar-refractivity contribution in [2.24, 2.45) is 11.8 Å². The van der Waals surface area contributed by atoms with E-state index in [-0.39, 0.29) is 18.4 Å². The topological polar surface area (TPSA) is 74.0 Å². The van der Waals surface area contributed by atoms with Crippen LogP contribution in [0.25, 0.3) is 0 Å². The van der Waals surface area contributed by atoms with E-state index < -0.39 is 11.9 Å². The van der Waals surface area contributed by atoms with Crippen molar-refractivity contribution in [3.05, 3.63) is 53.5 Å². The van der Waals surface area contributed by atoms with Gasteiger partial charge >= 0.3 is 5.97 Å². The molecule has 2 aromatic rings. The molecule has 0 aliphatic carbocycles. The molecule has 1 aromatic carbocycles. The number of hydrogen-bond donors (Lipinski definition) is 1. The van der Waals surface area contributed by atoms with Crippen LogP contribution in [0.4, 0.5) is 5.69 Å². The van der Waals surface area contributed by atoms with Crippen molar-refractivity contribution in [1.82, 2.24) is 4.90 Å². The summed E-state index contributed by atoms with van der Waals surface area (Å²) in [4.78, 5) is 28.2. The molecule has 2 aliphatic rings. The summed E-state index contributed by atoms with van der Waals surface area (Å²) < 4.78 is 5.54. The van der Waals surface area contributed by atoms with Crippen LogP contribution in [0.15, 0.2) is 41.0 Å². The first-order chi connectivity index (χ1) is 13.0. The van der Waals surface area contributed by atoms with Crippen molar-refractivity contribution in [2.45, 2.75) is 32.9 Å². The van der Waals surface area contributed by atoms with Gasteiger partial charge in [-0.3, -0.25) is 9.59 Å². The smallest absolute Gasteiger partial charge is 0.308 e. The second kappa shape index (κ2) is 6.76. The SMILES string of the molecule is CC1Cc2ccccc2N1Cc1ccoc1C(=O)N1C[C@@H](C)[C@H](C(=O)O)C1. The second-order valence-corrected chi connectivity index (χ2v) is 7.72. The van der Waals surface area contributed by atoms with E-state index >= 15 is 0 Å². The average molecular weight is 368 g/mol. The number of furan rings is 1. The molecule has 2 aliphatic heterocycles. The van der Waals surface area contributed by atoms with Crippen molar-refractivity contribution >= 4 is 17.6 Å². The van der Waals surface area contributed by atoms with Gasteiger partial charge in [0, 0.05) is 36.9 Å². The second-order valence-electron chi connectivity index (χ2n) is 7.72. The van der Waals surface area contributed by atoms with Gasteiger partial charge in [0.05, 0.1) is 12.2 Å². The van der Waals surface area contributed by atoms with E-state index in [0.29, 0.717) is 24.9 Å². The van der Waals surface area contributed by atoms with E-state index in [1.54, 1.807) is 11.2 Å². The van der Waals surface area contributed by atoms with Gasteiger partial charge in [-0.25, -0.2) is 0 Å². The summed E-state index contributed by atoms with van der Waals surface area (Å²) in [6.07, 6.45) is 2.53. The Morgan fingerprint density at radius 1 is 1.19 bits per heavy atom. The Balaban J connectivity index is 1.54. The Bertz CT molecular complexity index is 875. The predicted molar refractivity (Wildman–Crippen MR) is 101 cm³/mol. The molecule has 1 aromatic heterocycles. The average Bonchev–Trinajstić information content (AvgIpc) is 3.33. The fourth-order valence-electron chi connectivity index (χ4n) is 4.30. The van der Waals surface area contributed by atoms with Gasteiger partial charge in [0.25, 0.3) is 5.91 Å². The van der Waals surface area contributed by atoms with Crippen molar-refractivity contribution in [2.75, 3.05) is 18.0 Å². The van der Waals surface area contributed by atoms with E-state index in [0.717, 1.165) is 12.0 Å². The predicted octanol–water partition coefficient (Wildman–Crippen LogP) is 3.02. The number of benzene rings is 1. The van der Waals surface area contributed by atoms with Crippen LogP contribution >= 0.6 is 0 Å². The Hall–Kier alpha value is -2.76. The number of rotatable bonds is 4. The number of nitrogens with zero attached hydrogens (tertiary/aromatic N) is 2. The fraction of sp³-hybridized carbons (Fsp3) is 0.429. The monoisotopic (exact) mass is 368 g/mol. The van der Waals surface area contributed by atoms with Crippen LogP contribution in [0.1, 0.15) is 35.5 Å². The molecule has 4 rings (SSSR count). The number of amides is 1. The zero-order valence-electron chi connectivity index (χ0n) is 15.6. The van der Waals surface area contributed by atoms with Crippen molar-refractivity contribution in [3.63, 3.8) is 0 Å². The zero-order valence-corrected chi connectivity index (χ0v) is 15.6. The summed E-state index contributed by atoms with van der Waals surface area (Å²) >= 11 is 0. The molecular formula is C21H24N2O4. The van der Waals surface area contributed by atoms with Gasteiger partial charge in [0.2, 0.25) is 0 Å². The van der Waals surface area contributed by atoms with Crippen LogP contribution in [0.5, 0.6) is 0 Å². The van der Waals surface area contributed by atoms with E-state index in [4.69, 9.17) is 4.42 Å². The van der Waals surface area contributed by atoms with Gasteiger partial charge < -0.3 is 19.3 Å². The lowest BCUT2D eigenvalue weighted by atomic mass is 9.99. The van der Waals surface area contributed by atoms with Gasteiger partial charge in [-0.15, -0.1) is 0 Å². The van der Waals surface area contributed by atoms with Crippen LogP contribution in [0.3, 0.4) is 0 Å². The first-order valence-electron chi connectivity index (χ1n) is 9.38. The highest BCUT2D eigenvalue weighted by Gasteiger charge is 2.38. The van der Waals surface area contributed by atoms with E-state index in [2.05, 4.69) is 30.0 Å². The molecule has 0 radical (unpaired) electrons. The maximum absolute atomic E-state index is 13.0. The Morgan fingerprint density at radius 3 is 2.70 bits per heavy atom. The Kier molecular flexibility index (Phi) is 4.42. The maximum Gasteiger partial charge on any atom is 0.308 e. The molecule has 6 heteroatoms. The van der Waals surface area contributed by atoms with Crippen molar-refractivity contribution in [3.8, 4) is 0 Å². The van der Waals surface area contributed by atoms with Crippen LogP contribution in [0.2, 0.25) is 0 Å². The minimum atomic E-state index is -0.847. The van der Waals surface area contributed by atoms with Crippen molar-refractivity contribution < 1.29 is 19.1 Å². The zero-order chi connectivity index (χ0) is 19.1. The van der Waals surface area contributed by atoms with Crippen LogP contribution < -0.4 is 4.90 Å². The highest BCUT2D eigenvalue weighted by atomic mass is 16.4. The summed E-state index contributed by atoms with van der Waals surface area (Å²) in [7, 11) is 0. The molecule has 1 N–H and O–H groups in total. The summed E-state index contributed by atoms with van der Waals surface area (Å²) in [6, 6.07) is 10.5. The van der Waals surface area contributed by atoms with Crippen molar-refractivity contribution in [1.29, 1.82) is 0 Å². The van der Waals surface area contributed by atoms with Crippen LogP contribution in [-0.2, 0) is 17.8 Å². The number of carboxylic acid groups (broad SMARTS) is 1. The molecule has 1 fully saturated rings. The third kappa shape index (κ3) is 3.09. The van der Waals surface area contributed by atoms with E-state index in [1.165, 1.54) is 11.3 Å². The molecular weight excluding hydrogens is 344 g/mol. The number of anilines is 1. The quantitative estimate of drug-likeness (QED) is 0.898. The van der Waals surface area contributed by atoms with Gasteiger partial charge in [0.1, 0.15) is 0 Å². The van der Waals surface area contributed by atoms with E-state index in [1.807, 2.05) is 19.1 Å². The fourth-order valence-corrected chi connectivity index (χ4v) is 4.30. The van der Waals surface area contributed by atoms with Gasteiger partial charge in [-0.2, -0.15) is 0 Å². The maximum atomic E-state index is 13.0. The highest BCUT2D eigenvalue weighted by Crippen LogP contribution is 2.34. The number of para-hydroxylation sites is 1. The summed E-state index contributed by atoms with van der Waals surface area (Å²) in [6.45, 7) is 5.33. The third-order valence-corrected chi connectivity index (χ3v) is 5.85. The summed E-state index contributed by atoms with van der Waals surface area (Å²) in [5.74, 6) is -1.32. The molecule has 0 spiro atoms. The number of hydrogen-bond acceptors (Lipinski definition) is 4. The van der Waals surface area contributed by atoms with Gasteiger partial charge in [-0.05, 0) is 37.0 Å². The molecule has 27 heavy (non-hydrogen) atoms. The molecule has 1 amide bonds. The molecule has 3 heterocycles. The molecule has 0 saturated carbocycles. The number of carbonyl (C=O) groups excluding carboxylic acids is 1. The number of carboxylic acids is 1. The standard InChI is InChI=1S/C21H24N2O4/c1-13-10-22(12-17(13)21(25)26)20(24)19-16(7-8-27-19)11-23-14(2)9-15-5-3-4-6-18(15)23/h3-8,13-14,17H,9-12H2,1-2H3,(H,25,26)/t13-,14?,17-/m1/s1. The van der Waals surface area contributed by atoms with Crippen LogP contribution in [0, 0.1) is 11.8 Å².